The highest BCUT2D eigenvalue weighted by molar-refractivity contribution is 9.10. The lowest BCUT2D eigenvalue weighted by Crippen LogP contribution is -1.88. The van der Waals surface area contributed by atoms with E-state index in [1.54, 1.807) is 0 Å². The third kappa shape index (κ3) is 3.30. The molecule has 0 spiro atoms. The Hall–Kier alpha value is -1.27. The Morgan fingerprint density at radius 2 is 2.15 bits per heavy atom. The first-order valence-corrected chi connectivity index (χ1v) is 4.44. The van der Waals surface area contributed by atoms with Gasteiger partial charge in [0.25, 0.3) is 0 Å². The highest BCUT2D eigenvalue weighted by Gasteiger charge is 1.94. The molecule has 0 amide bonds. The molecular formula is C10H7BrO2. The SMILES string of the molecule is O=C(O)C#CCc1ccccc1Br. The molecule has 1 aromatic rings. The van der Waals surface area contributed by atoms with Crippen LogP contribution in [0.3, 0.4) is 0 Å². The molecule has 13 heavy (non-hydrogen) atoms. The van der Waals surface area contributed by atoms with Gasteiger partial charge in [-0.3, -0.25) is 0 Å². The van der Waals surface area contributed by atoms with Crippen LogP contribution in [0.4, 0.5) is 0 Å². The first-order chi connectivity index (χ1) is 6.20. The zero-order valence-corrected chi connectivity index (χ0v) is 8.34. The van der Waals surface area contributed by atoms with Gasteiger partial charge in [-0.25, -0.2) is 4.79 Å². The lowest BCUT2D eigenvalue weighted by Gasteiger charge is -1.96. The van der Waals surface area contributed by atoms with Crippen LogP contribution in [0.5, 0.6) is 0 Å². The van der Waals surface area contributed by atoms with Crippen LogP contribution in [0, 0.1) is 11.8 Å². The molecule has 1 rings (SSSR count). The number of carboxylic acids is 1. The number of halogens is 1. The van der Waals surface area contributed by atoms with Crippen molar-refractivity contribution in [2.24, 2.45) is 0 Å². The van der Waals surface area contributed by atoms with Crippen LogP contribution in [-0.4, -0.2) is 11.1 Å². The van der Waals surface area contributed by atoms with Gasteiger partial charge in [-0.2, -0.15) is 0 Å². The predicted octanol–water partition coefficient (Wildman–Crippen LogP) is 2.08. The summed E-state index contributed by atoms with van der Waals surface area (Å²) in [5.74, 6) is 3.54. The fourth-order valence-corrected chi connectivity index (χ4v) is 1.28. The minimum Gasteiger partial charge on any atom is -0.472 e. The Balaban J connectivity index is 2.72. The fraction of sp³-hybridized carbons (Fsp3) is 0.100. The average molecular weight is 239 g/mol. The Morgan fingerprint density at radius 1 is 1.46 bits per heavy atom. The summed E-state index contributed by atoms with van der Waals surface area (Å²) in [4.78, 5) is 10.1. The van der Waals surface area contributed by atoms with Gasteiger partial charge in [-0.1, -0.05) is 40.0 Å². The maximum Gasteiger partial charge on any atom is 0.381 e. The average Bonchev–Trinajstić information content (AvgIpc) is 2.08. The van der Waals surface area contributed by atoms with E-state index in [2.05, 4.69) is 27.8 Å². The number of carboxylic acid groups (broad SMARTS) is 1. The van der Waals surface area contributed by atoms with Crippen LogP contribution in [0.2, 0.25) is 0 Å². The van der Waals surface area contributed by atoms with E-state index >= 15 is 0 Å². The van der Waals surface area contributed by atoms with Crippen LogP contribution in [0.15, 0.2) is 28.7 Å². The maximum atomic E-state index is 10.1. The molecule has 0 unspecified atom stereocenters. The molecule has 1 aromatic carbocycles. The van der Waals surface area contributed by atoms with E-state index in [0.717, 1.165) is 10.0 Å². The van der Waals surface area contributed by atoms with Gasteiger partial charge in [0.05, 0.1) is 0 Å². The third-order valence-corrected chi connectivity index (χ3v) is 2.21. The number of aliphatic carboxylic acids is 1. The van der Waals surface area contributed by atoms with Crippen molar-refractivity contribution < 1.29 is 9.90 Å². The van der Waals surface area contributed by atoms with E-state index in [-0.39, 0.29) is 0 Å². The van der Waals surface area contributed by atoms with Gasteiger partial charge in [0.1, 0.15) is 0 Å². The van der Waals surface area contributed by atoms with Crippen LogP contribution in [0.25, 0.3) is 0 Å². The van der Waals surface area contributed by atoms with E-state index in [9.17, 15) is 4.79 Å². The molecule has 0 bridgehead atoms. The van der Waals surface area contributed by atoms with Crippen LogP contribution in [0.1, 0.15) is 5.56 Å². The van der Waals surface area contributed by atoms with Crippen molar-refractivity contribution in [2.75, 3.05) is 0 Å². The van der Waals surface area contributed by atoms with Gasteiger partial charge in [-0.05, 0) is 11.6 Å². The van der Waals surface area contributed by atoms with Crippen molar-refractivity contribution in [1.29, 1.82) is 0 Å². The summed E-state index contributed by atoms with van der Waals surface area (Å²) in [6, 6.07) is 7.60. The molecule has 0 heterocycles. The van der Waals surface area contributed by atoms with Crippen molar-refractivity contribution in [3.63, 3.8) is 0 Å². The third-order valence-electron chi connectivity index (χ3n) is 1.43. The number of benzene rings is 1. The lowest BCUT2D eigenvalue weighted by molar-refractivity contribution is -0.130. The molecule has 0 radical (unpaired) electrons. The van der Waals surface area contributed by atoms with Crippen LogP contribution in [-0.2, 0) is 11.2 Å². The van der Waals surface area contributed by atoms with Crippen LogP contribution < -0.4 is 0 Å². The molecule has 0 atom stereocenters. The molecule has 0 aromatic heterocycles. The first kappa shape index (κ1) is 9.82. The van der Waals surface area contributed by atoms with Crippen molar-refractivity contribution >= 4 is 21.9 Å². The largest absolute Gasteiger partial charge is 0.472 e. The number of hydrogen-bond donors (Lipinski definition) is 1. The standard InChI is InChI=1S/C10H7BrO2/c11-9-6-2-1-4-8(9)5-3-7-10(12)13/h1-2,4,6H,5H2,(H,12,13). The molecule has 2 nitrogen and oxygen atoms in total. The Morgan fingerprint density at radius 3 is 2.77 bits per heavy atom. The molecular weight excluding hydrogens is 232 g/mol. The maximum absolute atomic E-state index is 10.1. The number of carbonyl (C=O) groups is 1. The Labute approximate surface area is 84.7 Å². The van der Waals surface area contributed by atoms with Gasteiger partial charge in [0.15, 0.2) is 0 Å². The zero-order valence-electron chi connectivity index (χ0n) is 6.75. The number of hydrogen-bond acceptors (Lipinski definition) is 1. The first-order valence-electron chi connectivity index (χ1n) is 3.65. The van der Waals surface area contributed by atoms with Crippen molar-refractivity contribution in [3.05, 3.63) is 34.3 Å². The minimum atomic E-state index is -1.09. The Kier molecular flexibility index (Phi) is 3.53. The fourth-order valence-electron chi connectivity index (χ4n) is 0.857. The predicted molar refractivity (Wildman–Crippen MR) is 53.3 cm³/mol. The summed E-state index contributed by atoms with van der Waals surface area (Å²) >= 11 is 3.35. The smallest absolute Gasteiger partial charge is 0.381 e. The second kappa shape index (κ2) is 4.68. The highest BCUT2D eigenvalue weighted by atomic mass is 79.9. The zero-order chi connectivity index (χ0) is 9.68. The molecule has 0 fully saturated rings. The Bertz CT molecular complexity index is 374. The molecule has 0 aliphatic heterocycles. The van der Waals surface area contributed by atoms with Crippen molar-refractivity contribution in [1.82, 2.24) is 0 Å². The van der Waals surface area contributed by atoms with E-state index in [1.165, 1.54) is 0 Å². The molecule has 0 saturated carbocycles. The molecule has 0 saturated heterocycles. The summed E-state index contributed by atoms with van der Waals surface area (Å²) < 4.78 is 0.953. The van der Waals surface area contributed by atoms with Crippen molar-refractivity contribution in [3.8, 4) is 11.8 Å². The van der Waals surface area contributed by atoms with Crippen LogP contribution >= 0.6 is 15.9 Å². The lowest BCUT2D eigenvalue weighted by atomic mass is 10.2. The molecule has 1 N–H and O–H groups in total. The van der Waals surface area contributed by atoms with Gasteiger partial charge < -0.3 is 5.11 Å². The van der Waals surface area contributed by atoms with E-state index in [1.807, 2.05) is 24.3 Å². The molecule has 0 aliphatic carbocycles. The minimum absolute atomic E-state index is 0.452. The summed E-state index contributed by atoms with van der Waals surface area (Å²) in [6.07, 6.45) is 0.452. The molecule has 3 heteroatoms. The van der Waals surface area contributed by atoms with E-state index < -0.39 is 5.97 Å². The van der Waals surface area contributed by atoms with Gasteiger partial charge in [0.2, 0.25) is 0 Å². The normalized spacial score (nSPS) is 8.69. The summed E-state index contributed by atoms with van der Waals surface area (Å²) in [5, 5.41) is 8.28. The van der Waals surface area contributed by atoms with Gasteiger partial charge >= 0.3 is 5.97 Å². The van der Waals surface area contributed by atoms with E-state index in [4.69, 9.17) is 5.11 Å². The summed E-state index contributed by atoms with van der Waals surface area (Å²) in [6.45, 7) is 0. The molecule has 0 aliphatic rings. The van der Waals surface area contributed by atoms with Gasteiger partial charge in [0, 0.05) is 16.8 Å². The monoisotopic (exact) mass is 238 g/mol. The second-order valence-electron chi connectivity index (χ2n) is 2.38. The van der Waals surface area contributed by atoms with Crippen molar-refractivity contribution in [2.45, 2.75) is 6.42 Å². The van der Waals surface area contributed by atoms with Gasteiger partial charge in [-0.15, -0.1) is 0 Å². The highest BCUT2D eigenvalue weighted by Crippen LogP contribution is 2.15. The topological polar surface area (TPSA) is 37.3 Å². The summed E-state index contributed by atoms with van der Waals surface area (Å²) in [7, 11) is 0. The van der Waals surface area contributed by atoms with E-state index in [0.29, 0.717) is 6.42 Å². The molecule has 66 valence electrons. The number of rotatable bonds is 1. The quantitative estimate of drug-likeness (QED) is 0.762. The summed E-state index contributed by atoms with van der Waals surface area (Å²) in [5.41, 5.74) is 0.997. The second-order valence-corrected chi connectivity index (χ2v) is 3.23.